The number of anilines is 3. The van der Waals surface area contributed by atoms with E-state index < -0.39 is 0 Å². The first kappa shape index (κ1) is 21.4. The van der Waals surface area contributed by atoms with Crippen LogP contribution in [0.3, 0.4) is 0 Å². The number of aryl methyl sites for hydroxylation is 1. The highest BCUT2D eigenvalue weighted by molar-refractivity contribution is 7.98. The maximum Gasteiger partial charge on any atom is 0.227 e. The lowest BCUT2D eigenvalue weighted by molar-refractivity contribution is -0.116. The number of hydrogen-bond donors (Lipinski definition) is 3. The van der Waals surface area contributed by atoms with Gasteiger partial charge in [0, 0.05) is 31.7 Å². The topological polar surface area (TPSA) is 110 Å². The average molecular weight is 441 g/mol. The molecule has 0 saturated heterocycles. The van der Waals surface area contributed by atoms with E-state index in [2.05, 4.69) is 44.1 Å². The van der Waals surface area contributed by atoms with Crippen molar-refractivity contribution >= 4 is 46.4 Å². The average Bonchev–Trinajstić information content (AvgIpc) is 3.16. The molecule has 9 nitrogen and oxygen atoms in total. The number of nitrogens with zero attached hydrogens (tertiary/aromatic N) is 5. The standard InChI is InChI=1S/C21H28N8OS/c1-3-29-13-24-20-18(29)19(23-9-7-17(30)26-16-6-4-5-8-22-16)27-21(28-20)25-15-10-14(11-15)12-31-2/h4-6,8,13-15H,3,7,9-12H2,1-2H3,(H,22,26,30)(H2,23,25,27,28). The summed E-state index contributed by atoms with van der Waals surface area (Å²) in [5.41, 5.74) is 1.51. The van der Waals surface area contributed by atoms with Gasteiger partial charge in [-0.1, -0.05) is 6.07 Å². The maximum absolute atomic E-state index is 12.2. The molecule has 0 radical (unpaired) electrons. The lowest BCUT2D eigenvalue weighted by Gasteiger charge is -2.35. The lowest BCUT2D eigenvalue weighted by atomic mass is 9.82. The molecule has 31 heavy (non-hydrogen) atoms. The molecule has 1 saturated carbocycles. The fourth-order valence-corrected chi connectivity index (χ4v) is 4.50. The van der Waals surface area contributed by atoms with Crippen molar-refractivity contribution in [2.45, 2.75) is 38.8 Å². The zero-order valence-corrected chi connectivity index (χ0v) is 18.7. The molecule has 164 valence electrons. The normalized spacial score (nSPS) is 17.9. The van der Waals surface area contributed by atoms with Crippen LogP contribution in [0.15, 0.2) is 30.7 Å². The van der Waals surface area contributed by atoms with Crippen LogP contribution in [0.25, 0.3) is 11.2 Å². The molecule has 4 rings (SSSR count). The largest absolute Gasteiger partial charge is 0.368 e. The summed E-state index contributed by atoms with van der Waals surface area (Å²) in [5.74, 6) is 3.69. The van der Waals surface area contributed by atoms with Gasteiger partial charge in [-0.3, -0.25) is 4.79 Å². The molecule has 1 aliphatic carbocycles. The first-order valence-electron chi connectivity index (χ1n) is 10.6. The zero-order valence-electron chi connectivity index (χ0n) is 17.8. The third-order valence-electron chi connectivity index (χ3n) is 5.36. The fourth-order valence-electron chi connectivity index (χ4n) is 3.75. The number of amides is 1. The minimum Gasteiger partial charge on any atom is -0.368 e. The SMILES string of the molecule is CCn1cnc2nc(NC3CC(CSC)C3)nc(NCCC(=O)Nc3ccccn3)c21. The highest BCUT2D eigenvalue weighted by Gasteiger charge is 2.29. The summed E-state index contributed by atoms with van der Waals surface area (Å²) in [6.07, 6.45) is 8.15. The van der Waals surface area contributed by atoms with Crippen LogP contribution in [0.2, 0.25) is 0 Å². The minimum atomic E-state index is -0.104. The number of carbonyl (C=O) groups excluding carboxylic acids is 1. The van der Waals surface area contributed by atoms with Gasteiger partial charge in [-0.2, -0.15) is 21.7 Å². The number of hydrogen-bond acceptors (Lipinski definition) is 8. The van der Waals surface area contributed by atoms with Gasteiger partial charge in [-0.15, -0.1) is 0 Å². The van der Waals surface area contributed by atoms with Crippen molar-refractivity contribution in [1.82, 2.24) is 24.5 Å². The molecule has 0 spiro atoms. The van der Waals surface area contributed by atoms with E-state index in [0.717, 1.165) is 30.8 Å². The summed E-state index contributed by atoms with van der Waals surface area (Å²) in [6, 6.07) is 5.82. The number of pyridine rings is 1. The van der Waals surface area contributed by atoms with Gasteiger partial charge in [-0.05, 0) is 49.8 Å². The highest BCUT2D eigenvalue weighted by Crippen LogP contribution is 2.32. The maximum atomic E-state index is 12.2. The van der Waals surface area contributed by atoms with Crippen LogP contribution >= 0.6 is 11.8 Å². The second kappa shape index (κ2) is 9.95. The third-order valence-corrected chi connectivity index (χ3v) is 6.17. The monoisotopic (exact) mass is 440 g/mol. The zero-order chi connectivity index (χ0) is 21.6. The van der Waals surface area contributed by atoms with E-state index in [1.165, 1.54) is 5.75 Å². The van der Waals surface area contributed by atoms with E-state index >= 15 is 0 Å². The first-order chi connectivity index (χ1) is 15.2. The molecule has 1 amide bonds. The summed E-state index contributed by atoms with van der Waals surface area (Å²) in [5, 5.41) is 9.55. The van der Waals surface area contributed by atoms with E-state index in [9.17, 15) is 4.79 Å². The van der Waals surface area contributed by atoms with Gasteiger partial charge in [-0.25, -0.2) is 9.97 Å². The van der Waals surface area contributed by atoms with Gasteiger partial charge in [0.25, 0.3) is 0 Å². The van der Waals surface area contributed by atoms with Crippen LogP contribution < -0.4 is 16.0 Å². The van der Waals surface area contributed by atoms with E-state index in [1.54, 1.807) is 18.6 Å². The molecule has 0 aromatic carbocycles. The van der Waals surface area contributed by atoms with Gasteiger partial charge in [0.1, 0.15) is 11.3 Å². The summed E-state index contributed by atoms with van der Waals surface area (Å²) in [6.45, 7) is 3.26. The smallest absolute Gasteiger partial charge is 0.227 e. The number of rotatable bonds is 10. The second-order valence-corrected chi connectivity index (χ2v) is 8.58. The summed E-state index contributed by atoms with van der Waals surface area (Å²) < 4.78 is 2.01. The Kier molecular flexibility index (Phi) is 6.86. The Hall–Kier alpha value is -2.88. The van der Waals surface area contributed by atoms with Crippen molar-refractivity contribution in [2.24, 2.45) is 5.92 Å². The van der Waals surface area contributed by atoms with E-state index in [-0.39, 0.29) is 5.91 Å². The number of nitrogens with one attached hydrogen (secondary N) is 3. The number of carbonyl (C=O) groups is 1. The lowest BCUT2D eigenvalue weighted by Crippen LogP contribution is -2.37. The Balaban J connectivity index is 1.41. The number of fused-ring (bicyclic) bond motifs is 1. The van der Waals surface area contributed by atoms with Crippen LogP contribution in [0.1, 0.15) is 26.2 Å². The Morgan fingerprint density at radius 3 is 2.87 bits per heavy atom. The first-order valence-corrected chi connectivity index (χ1v) is 12.0. The van der Waals surface area contributed by atoms with Crippen LogP contribution in [0.5, 0.6) is 0 Å². The number of thioether (sulfide) groups is 1. The molecule has 3 heterocycles. The molecule has 0 aliphatic heterocycles. The van der Waals surface area contributed by atoms with Crippen molar-refractivity contribution in [1.29, 1.82) is 0 Å². The molecule has 0 bridgehead atoms. The quantitative estimate of drug-likeness (QED) is 0.441. The predicted molar refractivity (Wildman–Crippen MR) is 125 cm³/mol. The van der Waals surface area contributed by atoms with Crippen LogP contribution in [-0.4, -0.2) is 55.0 Å². The van der Waals surface area contributed by atoms with Crippen molar-refractivity contribution in [3.05, 3.63) is 30.7 Å². The molecule has 0 unspecified atom stereocenters. The second-order valence-electron chi connectivity index (χ2n) is 7.67. The van der Waals surface area contributed by atoms with E-state index in [1.807, 2.05) is 28.5 Å². The summed E-state index contributed by atoms with van der Waals surface area (Å²) in [7, 11) is 0. The molecule has 10 heteroatoms. The van der Waals surface area contributed by atoms with Crippen molar-refractivity contribution in [3.63, 3.8) is 0 Å². The van der Waals surface area contributed by atoms with Crippen LogP contribution in [0.4, 0.5) is 17.6 Å². The van der Waals surface area contributed by atoms with E-state index in [0.29, 0.717) is 42.2 Å². The molecular formula is C21H28N8OS. The van der Waals surface area contributed by atoms with E-state index in [4.69, 9.17) is 4.98 Å². The van der Waals surface area contributed by atoms with Crippen molar-refractivity contribution in [2.75, 3.05) is 34.5 Å². The Labute approximate surface area is 185 Å². The highest BCUT2D eigenvalue weighted by atomic mass is 32.2. The van der Waals surface area contributed by atoms with Gasteiger partial charge in [0.15, 0.2) is 11.5 Å². The Bertz CT molecular complexity index is 1020. The predicted octanol–water partition coefficient (Wildman–Crippen LogP) is 3.24. The fraction of sp³-hybridized carbons (Fsp3) is 0.476. The van der Waals surface area contributed by atoms with Gasteiger partial charge in [0.2, 0.25) is 11.9 Å². The minimum absolute atomic E-state index is 0.104. The van der Waals surface area contributed by atoms with Gasteiger partial charge >= 0.3 is 0 Å². The summed E-state index contributed by atoms with van der Waals surface area (Å²) in [4.78, 5) is 30.1. The van der Waals surface area contributed by atoms with Crippen LogP contribution in [-0.2, 0) is 11.3 Å². The molecule has 3 N–H and O–H groups in total. The van der Waals surface area contributed by atoms with Gasteiger partial charge in [0.05, 0.1) is 6.33 Å². The summed E-state index contributed by atoms with van der Waals surface area (Å²) >= 11 is 1.90. The Morgan fingerprint density at radius 1 is 1.26 bits per heavy atom. The van der Waals surface area contributed by atoms with Gasteiger partial charge < -0.3 is 20.5 Å². The molecule has 1 aliphatic rings. The Morgan fingerprint density at radius 2 is 2.13 bits per heavy atom. The molecule has 0 atom stereocenters. The molecular weight excluding hydrogens is 412 g/mol. The number of imidazole rings is 1. The third kappa shape index (κ3) is 5.25. The van der Waals surface area contributed by atoms with Crippen LogP contribution in [0, 0.1) is 5.92 Å². The number of aromatic nitrogens is 5. The molecule has 3 aromatic heterocycles. The van der Waals surface area contributed by atoms with Crippen molar-refractivity contribution < 1.29 is 4.79 Å². The molecule has 1 fully saturated rings. The van der Waals surface area contributed by atoms with Crippen molar-refractivity contribution in [3.8, 4) is 0 Å². The molecule has 3 aromatic rings.